The third-order valence-electron chi connectivity index (χ3n) is 4.64. The van der Waals surface area contributed by atoms with Crippen molar-refractivity contribution in [3.63, 3.8) is 0 Å². The molecule has 2 aromatic rings. The van der Waals surface area contributed by atoms with Crippen LogP contribution in [0.5, 0.6) is 5.75 Å². The molecule has 2 aromatic carbocycles. The van der Waals surface area contributed by atoms with Gasteiger partial charge in [0.25, 0.3) is 0 Å². The van der Waals surface area contributed by atoms with Crippen molar-refractivity contribution in [2.45, 2.75) is 0 Å². The van der Waals surface area contributed by atoms with E-state index in [9.17, 15) is 4.79 Å². The van der Waals surface area contributed by atoms with Gasteiger partial charge in [0.1, 0.15) is 5.75 Å². The molecule has 0 radical (unpaired) electrons. The first-order valence-corrected chi connectivity index (χ1v) is 8.94. The topological polar surface area (TPSA) is 46.0 Å². The molecule has 1 fully saturated rings. The summed E-state index contributed by atoms with van der Waals surface area (Å²) in [7, 11) is 3.85. The van der Waals surface area contributed by atoms with Crippen LogP contribution in [0.2, 0.25) is 0 Å². The normalized spacial score (nSPS) is 15.2. The third kappa shape index (κ3) is 4.64. The number of rotatable bonds is 5. The Morgan fingerprint density at radius 3 is 2.69 bits per heavy atom. The van der Waals surface area contributed by atoms with Gasteiger partial charge in [-0.2, -0.15) is 0 Å². The first-order chi connectivity index (χ1) is 12.7. The summed E-state index contributed by atoms with van der Waals surface area (Å²) in [6.07, 6.45) is 3.35. The number of nitrogens with zero attached hydrogens (tertiary/aromatic N) is 1. The van der Waals surface area contributed by atoms with Crippen LogP contribution < -0.4 is 19.9 Å². The van der Waals surface area contributed by atoms with Crippen LogP contribution in [0.4, 0.5) is 11.4 Å². The molecule has 3 rings (SSSR count). The number of amides is 1. The summed E-state index contributed by atoms with van der Waals surface area (Å²) < 4.78 is 5.21. The van der Waals surface area contributed by atoms with Crippen molar-refractivity contribution in [2.75, 3.05) is 50.6 Å². The minimum Gasteiger partial charge on any atom is -0.497 e. The zero-order valence-electron chi connectivity index (χ0n) is 15.4. The van der Waals surface area contributed by atoms with Gasteiger partial charge in [-0.15, -0.1) is 0 Å². The molecule has 136 valence electrons. The van der Waals surface area contributed by atoms with E-state index in [1.807, 2.05) is 42.5 Å². The largest absolute Gasteiger partial charge is 0.497 e. The molecule has 0 saturated carbocycles. The molecular formula is C21H26N3O2+. The summed E-state index contributed by atoms with van der Waals surface area (Å²) in [6.45, 7) is 4.22. The van der Waals surface area contributed by atoms with Crippen molar-refractivity contribution in [1.82, 2.24) is 0 Å². The van der Waals surface area contributed by atoms with Crippen LogP contribution in [0.15, 0.2) is 54.6 Å². The van der Waals surface area contributed by atoms with Gasteiger partial charge in [0.05, 0.1) is 51.7 Å². The van der Waals surface area contributed by atoms with Gasteiger partial charge in [-0.1, -0.05) is 24.3 Å². The monoisotopic (exact) mass is 352 g/mol. The molecule has 1 saturated heterocycles. The highest BCUT2D eigenvalue weighted by atomic mass is 16.5. The van der Waals surface area contributed by atoms with E-state index >= 15 is 0 Å². The lowest BCUT2D eigenvalue weighted by atomic mass is 10.2. The number of quaternary nitrogens is 1. The average Bonchev–Trinajstić information content (AvgIpc) is 2.68. The summed E-state index contributed by atoms with van der Waals surface area (Å²) in [5.41, 5.74) is 2.87. The number of hydrogen-bond donors (Lipinski definition) is 2. The second kappa shape index (κ2) is 8.54. The first kappa shape index (κ1) is 18.0. The highest BCUT2D eigenvalue weighted by Crippen LogP contribution is 2.25. The number of ether oxygens (including phenoxy) is 1. The summed E-state index contributed by atoms with van der Waals surface area (Å²) in [5, 5.41) is 3.01. The second-order valence-electron chi connectivity index (χ2n) is 6.56. The van der Waals surface area contributed by atoms with Gasteiger partial charge in [0.2, 0.25) is 5.91 Å². The van der Waals surface area contributed by atoms with Gasteiger partial charge >= 0.3 is 0 Å². The first-order valence-electron chi connectivity index (χ1n) is 8.94. The van der Waals surface area contributed by atoms with Crippen LogP contribution in [0, 0.1) is 0 Å². The maximum atomic E-state index is 12.4. The van der Waals surface area contributed by atoms with Crippen molar-refractivity contribution >= 4 is 23.4 Å². The van der Waals surface area contributed by atoms with E-state index in [-0.39, 0.29) is 5.91 Å². The number of nitrogens with one attached hydrogen (secondary N) is 2. The fourth-order valence-corrected chi connectivity index (χ4v) is 3.08. The summed E-state index contributed by atoms with van der Waals surface area (Å²) in [5.74, 6) is 0.634. The Kier molecular flexibility index (Phi) is 5.92. The van der Waals surface area contributed by atoms with E-state index in [0.29, 0.717) is 0 Å². The number of para-hydroxylation sites is 2. The number of anilines is 2. The van der Waals surface area contributed by atoms with Crippen LogP contribution in [0.1, 0.15) is 5.56 Å². The predicted molar refractivity (Wildman–Crippen MR) is 106 cm³/mol. The molecule has 1 aliphatic rings. The van der Waals surface area contributed by atoms with E-state index in [1.165, 1.54) is 0 Å². The van der Waals surface area contributed by atoms with Gasteiger partial charge in [0, 0.05) is 6.08 Å². The highest BCUT2D eigenvalue weighted by molar-refractivity contribution is 6.03. The third-order valence-corrected chi connectivity index (χ3v) is 4.64. The van der Waals surface area contributed by atoms with Crippen molar-refractivity contribution in [2.24, 2.45) is 0 Å². The Balaban J connectivity index is 1.68. The smallest absolute Gasteiger partial charge is 0.248 e. The van der Waals surface area contributed by atoms with E-state index in [4.69, 9.17) is 4.74 Å². The molecular weight excluding hydrogens is 326 g/mol. The lowest BCUT2D eigenvalue weighted by Crippen LogP contribution is -3.12. The quantitative estimate of drug-likeness (QED) is 0.805. The van der Waals surface area contributed by atoms with Crippen molar-refractivity contribution in [3.8, 4) is 5.75 Å². The number of likely N-dealkylation sites (N-methyl/N-ethyl adjacent to an activating group) is 1. The maximum absolute atomic E-state index is 12.4. The van der Waals surface area contributed by atoms with Gasteiger partial charge in [-0.3, -0.25) is 4.79 Å². The van der Waals surface area contributed by atoms with Gasteiger partial charge in [-0.05, 0) is 35.9 Å². The zero-order chi connectivity index (χ0) is 18.4. The van der Waals surface area contributed by atoms with Crippen LogP contribution in [0.3, 0.4) is 0 Å². The number of carbonyl (C=O) groups excluding carboxylic acids is 1. The van der Waals surface area contributed by atoms with E-state index in [1.54, 1.807) is 24.2 Å². The van der Waals surface area contributed by atoms with Crippen LogP contribution in [0.25, 0.3) is 6.08 Å². The number of piperazine rings is 1. The second-order valence-corrected chi connectivity index (χ2v) is 6.56. The minimum atomic E-state index is -0.139. The molecule has 0 atom stereocenters. The molecule has 0 spiro atoms. The molecule has 0 bridgehead atoms. The fraction of sp³-hybridized carbons (Fsp3) is 0.286. The van der Waals surface area contributed by atoms with Crippen LogP contribution >= 0.6 is 0 Å². The predicted octanol–water partition coefficient (Wildman–Crippen LogP) is 1.68. The standard InChI is InChI=1S/C21H25N3O2/c1-23-12-14-24(15-13-23)20-9-4-3-8-19(20)22-21(25)11-10-17-6-5-7-18(16-17)26-2/h3-11,16H,12-15H2,1-2H3,(H,22,25)/p+1/b11-10+. The van der Waals surface area contributed by atoms with Crippen molar-refractivity contribution in [3.05, 3.63) is 60.2 Å². The summed E-state index contributed by atoms with van der Waals surface area (Å²) in [4.78, 5) is 16.3. The molecule has 0 aliphatic carbocycles. The Labute approximate surface area is 154 Å². The lowest BCUT2D eigenvalue weighted by Gasteiger charge is -2.32. The molecule has 26 heavy (non-hydrogen) atoms. The molecule has 1 aliphatic heterocycles. The van der Waals surface area contributed by atoms with Gasteiger partial charge < -0.3 is 19.9 Å². The Morgan fingerprint density at radius 1 is 1.15 bits per heavy atom. The minimum absolute atomic E-state index is 0.139. The molecule has 5 heteroatoms. The molecule has 5 nitrogen and oxygen atoms in total. The number of carbonyl (C=O) groups is 1. The van der Waals surface area contributed by atoms with E-state index < -0.39 is 0 Å². The number of methoxy groups -OCH3 is 1. The molecule has 1 heterocycles. The number of hydrogen-bond acceptors (Lipinski definition) is 3. The SMILES string of the molecule is COc1cccc(/C=C/C(=O)Nc2ccccc2N2CC[NH+](C)CC2)c1. The highest BCUT2D eigenvalue weighted by Gasteiger charge is 2.19. The Morgan fingerprint density at radius 2 is 1.92 bits per heavy atom. The average molecular weight is 352 g/mol. The van der Waals surface area contributed by atoms with Crippen LogP contribution in [-0.2, 0) is 4.79 Å². The van der Waals surface area contributed by atoms with Gasteiger partial charge in [0.15, 0.2) is 0 Å². The van der Waals surface area contributed by atoms with Crippen molar-refractivity contribution in [1.29, 1.82) is 0 Å². The Hall–Kier alpha value is -2.79. The van der Waals surface area contributed by atoms with Gasteiger partial charge in [-0.25, -0.2) is 0 Å². The Bertz CT molecular complexity index is 780. The molecule has 1 amide bonds. The zero-order valence-corrected chi connectivity index (χ0v) is 15.4. The lowest BCUT2D eigenvalue weighted by molar-refractivity contribution is -0.880. The molecule has 2 N–H and O–H groups in total. The van der Waals surface area contributed by atoms with E-state index in [0.717, 1.165) is 48.9 Å². The van der Waals surface area contributed by atoms with Crippen molar-refractivity contribution < 1.29 is 14.4 Å². The summed E-state index contributed by atoms with van der Waals surface area (Å²) in [6, 6.07) is 15.6. The summed E-state index contributed by atoms with van der Waals surface area (Å²) >= 11 is 0. The molecule has 0 aromatic heterocycles. The van der Waals surface area contributed by atoms with Crippen LogP contribution in [-0.4, -0.2) is 46.2 Å². The maximum Gasteiger partial charge on any atom is 0.248 e. The molecule has 0 unspecified atom stereocenters. The number of benzene rings is 2. The fourth-order valence-electron chi connectivity index (χ4n) is 3.08. The van der Waals surface area contributed by atoms with E-state index in [2.05, 4.69) is 23.3 Å².